The van der Waals surface area contributed by atoms with Gasteiger partial charge in [-0.1, -0.05) is 6.92 Å². The number of aliphatic carboxylic acids is 1. The summed E-state index contributed by atoms with van der Waals surface area (Å²) in [5.74, 6) is -0.0981. The van der Waals surface area contributed by atoms with Crippen LogP contribution in [0.15, 0.2) is 22.8 Å². The number of carboxylic acid groups (broad SMARTS) is 1. The van der Waals surface area contributed by atoms with E-state index in [1.54, 1.807) is 29.2 Å². The minimum absolute atomic E-state index is 0.148. The predicted molar refractivity (Wildman–Crippen MR) is 76.7 cm³/mol. The Morgan fingerprint density at radius 1 is 1.52 bits per heavy atom. The van der Waals surface area contributed by atoms with Crippen LogP contribution in [0, 0.1) is 5.41 Å². The van der Waals surface area contributed by atoms with E-state index in [1.807, 2.05) is 13.0 Å². The van der Waals surface area contributed by atoms with E-state index < -0.39 is 11.4 Å². The third kappa shape index (κ3) is 3.20. The van der Waals surface area contributed by atoms with Crippen molar-refractivity contribution in [3.63, 3.8) is 0 Å². The summed E-state index contributed by atoms with van der Waals surface area (Å²) in [7, 11) is 1.70. The molecule has 1 aliphatic rings. The van der Waals surface area contributed by atoms with Gasteiger partial charge in [-0.25, -0.2) is 4.79 Å². The molecule has 1 unspecified atom stereocenters. The molecule has 1 N–H and O–H groups in total. The van der Waals surface area contributed by atoms with E-state index >= 15 is 0 Å². The normalized spacial score (nSPS) is 22.1. The van der Waals surface area contributed by atoms with Gasteiger partial charge in [0.2, 0.25) is 0 Å². The van der Waals surface area contributed by atoms with Gasteiger partial charge in [0.05, 0.1) is 18.2 Å². The molecular weight excluding hydrogens is 272 g/mol. The Bertz CT molecular complexity index is 500. The molecule has 1 atom stereocenters. The highest BCUT2D eigenvalue weighted by Crippen LogP contribution is 2.34. The molecule has 0 spiro atoms. The minimum atomic E-state index is -0.809. The molecule has 0 saturated carbocycles. The Morgan fingerprint density at radius 3 is 2.86 bits per heavy atom. The van der Waals surface area contributed by atoms with Crippen molar-refractivity contribution in [1.29, 1.82) is 0 Å². The first-order chi connectivity index (χ1) is 9.98. The number of likely N-dealkylation sites (tertiary alicyclic amines) is 1. The van der Waals surface area contributed by atoms with Crippen molar-refractivity contribution in [2.24, 2.45) is 5.41 Å². The molecular formula is C15H22N2O4. The fourth-order valence-electron chi connectivity index (χ4n) is 2.85. The van der Waals surface area contributed by atoms with E-state index in [0.29, 0.717) is 31.7 Å². The first-order valence-electron chi connectivity index (χ1n) is 7.24. The zero-order valence-electron chi connectivity index (χ0n) is 12.5. The standard InChI is InChI=1S/C15H22N2O4/c1-3-15(13(18)19)7-5-8-17(11-15)14(20)16(2)10-12-6-4-9-21-12/h4,6,9H,3,5,7-8,10-11H2,1-2H3,(H,18,19). The Hall–Kier alpha value is -1.98. The van der Waals surface area contributed by atoms with Gasteiger partial charge in [0, 0.05) is 20.1 Å². The molecule has 1 fully saturated rings. The Labute approximate surface area is 124 Å². The van der Waals surface area contributed by atoms with Crippen molar-refractivity contribution in [2.45, 2.75) is 32.7 Å². The van der Waals surface area contributed by atoms with Gasteiger partial charge in [-0.05, 0) is 31.4 Å². The van der Waals surface area contributed by atoms with Crippen molar-refractivity contribution in [2.75, 3.05) is 20.1 Å². The lowest BCUT2D eigenvalue weighted by Crippen LogP contribution is -2.52. The van der Waals surface area contributed by atoms with Gasteiger partial charge in [-0.15, -0.1) is 0 Å². The number of carboxylic acids is 1. The quantitative estimate of drug-likeness (QED) is 0.925. The molecule has 1 aromatic rings. The third-order valence-corrected chi connectivity index (χ3v) is 4.28. The van der Waals surface area contributed by atoms with Gasteiger partial charge in [0.1, 0.15) is 5.76 Å². The second-order valence-corrected chi connectivity index (χ2v) is 5.68. The van der Waals surface area contributed by atoms with Crippen molar-refractivity contribution in [1.82, 2.24) is 9.80 Å². The van der Waals surface area contributed by atoms with E-state index in [2.05, 4.69) is 0 Å². The van der Waals surface area contributed by atoms with Crippen LogP contribution in [-0.2, 0) is 11.3 Å². The van der Waals surface area contributed by atoms with Crippen LogP contribution in [0.25, 0.3) is 0 Å². The van der Waals surface area contributed by atoms with Crippen LogP contribution in [0.5, 0.6) is 0 Å². The lowest BCUT2D eigenvalue weighted by atomic mass is 9.78. The van der Waals surface area contributed by atoms with Crippen molar-refractivity contribution < 1.29 is 19.1 Å². The highest BCUT2D eigenvalue weighted by molar-refractivity contribution is 5.78. The third-order valence-electron chi connectivity index (χ3n) is 4.28. The number of amides is 2. The highest BCUT2D eigenvalue weighted by Gasteiger charge is 2.42. The average Bonchev–Trinajstić information content (AvgIpc) is 2.99. The zero-order chi connectivity index (χ0) is 15.5. The number of rotatable bonds is 4. The predicted octanol–water partition coefficient (Wildman–Crippen LogP) is 2.41. The number of hydrogen-bond donors (Lipinski definition) is 1. The number of urea groups is 1. The topological polar surface area (TPSA) is 74.0 Å². The fraction of sp³-hybridized carbons (Fsp3) is 0.600. The van der Waals surface area contributed by atoms with Crippen LogP contribution >= 0.6 is 0 Å². The largest absolute Gasteiger partial charge is 0.481 e. The van der Waals surface area contributed by atoms with Gasteiger partial charge in [0.15, 0.2) is 0 Å². The maximum absolute atomic E-state index is 12.5. The molecule has 6 nitrogen and oxygen atoms in total. The van der Waals surface area contributed by atoms with Crippen LogP contribution in [-0.4, -0.2) is 47.0 Å². The van der Waals surface area contributed by atoms with Crippen molar-refractivity contribution >= 4 is 12.0 Å². The van der Waals surface area contributed by atoms with Crippen molar-refractivity contribution in [3.05, 3.63) is 24.2 Å². The maximum atomic E-state index is 12.5. The summed E-state index contributed by atoms with van der Waals surface area (Å²) >= 11 is 0. The Balaban J connectivity index is 2.03. The molecule has 0 aliphatic carbocycles. The van der Waals surface area contributed by atoms with E-state index in [9.17, 15) is 14.7 Å². The van der Waals surface area contributed by atoms with Gasteiger partial charge >= 0.3 is 12.0 Å². The average molecular weight is 294 g/mol. The molecule has 1 aliphatic heterocycles. The second-order valence-electron chi connectivity index (χ2n) is 5.68. The molecule has 0 radical (unpaired) electrons. The SMILES string of the molecule is CCC1(C(=O)O)CCCN(C(=O)N(C)Cc2ccco2)C1. The highest BCUT2D eigenvalue weighted by atomic mass is 16.4. The summed E-state index contributed by atoms with van der Waals surface area (Å²) in [4.78, 5) is 27.2. The molecule has 116 valence electrons. The van der Waals surface area contributed by atoms with Crippen LogP contribution in [0.2, 0.25) is 0 Å². The summed E-state index contributed by atoms with van der Waals surface area (Å²) in [6, 6.07) is 3.44. The number of nitrogens with zero attached hydrogens (tertiary/aromatic N) is 2. The van der Waals surface area contributed by atoms with Crippen LogP contribution < -0.4 is 0 Å². The van der Waals surface area contributed by atoms with Crippen molar-refractivity contribution in [3.8, 4) is 0 Å². The first-order valence-corrected chi connectivity index (χ1v) is 7.24. The summed E-state index contributed by atoms with van der Waals surface area (Å²) in [5.41, 5.74) is -0.806. The minimum Gasteiger partial charge on any atom is -0.481 e. The van der Waals surface area contributed by atoms with E-state index in [0.717, 1.165) is 6.42 Å². The molecule has 1 saturated heterocycles. The lowest BCUT2D eigenvalue weighted by Gasteiger charge is -2.40. The molecule has 2 amide bonds. The lowest BCUT2D eigenvalue weighted by molar-refractivity contribution is -0.152. The van der Waals surface area contributed by atoms with E-state index in [4.69, 9.17) is 4.42 Å². The van der Waals surface area contributed by atoms with Gasteiger partial charge in [-0.2, -0.15) is 0 Å². The molecule has 0 bridgehead atoms. The number of hydrogen-bond acceptors (Lipinski definition) is 3. The van der Waals surface area contributed by atoms with Crippen LogP contribution in [0.3, 0.4) is 0 Å². The summed E-state index contributed by atoms with van der Waals surface area (Å²) in [6.07, 6.45) is 3.46. The first kappa shape index (κ1) is 15.4. The smallest absolute Gasteiger partial charge is 0.320 e. The summed E-state index contributed by atoms with van der Waals surface area (Å²) < 4.78 is 5.24. The maximum Gasteiger partial charge on any atom is 0.320 e. The van der Waals surface area contributed by atoms with Crippen LogP contribution in [0.1, 0.15) is 31.9 Å². The molecule has 1 aromatic heterocycles. The molecule has 21 heavy (non-hydrogen) atoms. The zero-order valence-corrected chi connectivity index (χ0v) is 12.5. The van der Waals surface area contributed by atoms with Gasteiger partial charge < -0.3 is 19.3 Å². The number of furan rings is 1. The number of piperidine rings is 1. The number of carbonyl (C=O) groups is 2. The van der Waals surface area contributed by atoms with Gasteiger partial charge in [0.25, 0.3) is 0 Å². The molecule has 6 heteroatoms. The molecule has 2 rings (SSSR count). The van der Waals surface area contributed by atoms with E-state index in [1.165, 1.54) is 0 Å². The Morgan fingerprint density at radius 2 is 2.29 bits per heavy atom. The molecule has 0 aromatic carbocycles. The Kier molecular flexibility index (Phi) is 4.55. The monoisotopic (exact) mass is 294 g/mol. The van der Waals surface area contributed by atoms with Crippen LogP contribution in [0.4, 0.5) is 4.79 Å². The second kappa shape index (κ2) is 6.20. The summed E-state index contributed by atoms with van der Waals surface area (Å²) in [5, 5.41) is 9.47. The van der Waals surface area contributed by atoms with Gasteiger partial charge in [-0.3, -0.25) is 4.79 Å². The van der Waals surface area contributed by atoms with E-state index in [-0.39, 0.29) is 12.6 Å². The summed E-state index contributed by atoms with van der Waals surface area (Å²) in [6.45, 7) is 3.14. The molecule has 2 heterocycles. The fourth-order valence-corrected chi connectivity index (χ4v) is 2.85. The number of carbonyl (C=O) groups excluding carboxylic acids is 1.